The first-order chi connectivity index (χ1) is 8.81. The summed E-state index contributed by atoms with van der Waals surface area (Å²) in [6.45, 7) is 1.36. The summed E-state index contributed by atoms with van der Waals surface area (Å²) >= 11 is 0. The van der Waals surface area contributed by atoms with Crippen molar-refractivity contribution in [3.05, 3.63) is 23.9 Å². The standard InChI is InChI=1S/C13H16N2O3/c16-13(15-10-2-3-10)9-1-4-12(14-7-9)18-11-5-6-17-8-11/h1,4,7,10-11H,2-3,5-6,8H2,(H,15,16)/t11-/m0/s1. The molecule has 1 aliphatic heterocycles. The van der Waals surface area contributed by atoms with Crippen LogP contribution in [-0.4, -0.2) is 36.3 Å². The molecule has 1 aliphatic carbocycles. The normalized spacial score (nSPS) is 22.8. The minimum atomic E-state index is -0.0549. The number of carbonyl (C=O) groups excluding carboxylic acids is 1. The summed E-state index contributed by atoms with van der Waals surface area (Å²) in [7, 11) is 0. The number of hydrogen-bond donors (Lipinski definition) is 1. The summed E-state index contributed by atoms with van der Waals surface area (Å²) in [5.41, 5.74) is 0.580. The Morgan fingerprint density at radius 2 is 2.28 bits per heavy atom. The molecule has 2 aliphatic rings. The van der Waals surface area contributed by atoms with Gasteiger partial charge in [0.2, 0.25) is 5.88 Å². The van der Waals surface area contributed by atoms with Crippen molar-refractivity contribution in [3.8, 4) is 5.88 Å². The predicted molar refractivity (Wildman–Crippen MR) is 64.6 cm³/mol. The summed E-state index contributed by atoms with van der Waals surface area (Å²) in [6, 6.07) is 3.85. The average Bonchev–Trinajstić information content (AvgIpc) is 3.04. The monoisotopic (exact) mass is 248 g/mol. The van der Waals surface area contributed by atoms with Gasteiger partial charge in [0.15, 0.2) is 0 Å². The number of hydrogen-bond acceptors (Lipinski definition) is 4. The number of carbonyl (C=O) groups is 1. The molecule has 1 N–H and O–H groups in total. The zero-order chi connectivity index (χ0) is 12.4. The first kappa shape index (κ1) is 11.5. The minimum absolute atomic E-state index is 0.0549. The van der Waals surface area contributed by atoms with Gasteiger partial charge >= 0.3 is 0 Å². The number of rotatable bonds is 4. The Morgan fingerprint density at radius 3 is 2.89 bits per heavy atom. The van der Waals surface area contributed by atoms with Gasteiger partial charge in [0, 0.05) is 24.7 Å². The molecule has 1 saturated carbocycles. The second-order valence-corrected chi connectivity index (χ2v) is 4.74. The van der Waals surface area contributed by atoms with Gasteiger partial charge < -0.3 is 14.8 Å². The molecular weight excluding hydrogens is 232 g/mol. The molecule has 3 rings (SSSR count). The van der Waals surface area contributed by atoms with E-state index >= 15 is 0 Å². The van der Waals surface area contributed by atoms with Gasteiger partial charge in [-0.3, -0.25) is 4.79 Å². The van der Waals surface area contributed by atoms with Crippen LogP contribution in [0.1, 0.15) is 29.6 Å². The second-order valence-electron chi connectivity index (χ2n) is 4.74. The molecule has 0 aromatic carbocycles. The lowest BCUT2D eigenvalue weighted by molar-refractivity contribution is 0.0950. The van der Waals surface area contributed by atoms with Crippen molar-refractivity contribution in [2.45, 2.75) is 31.4 Å². The predicted octanol–water partition coefficient (Wildman–Crippen LogP) is 1.14. The molecule has 1 atom stereocenters. The molecule has 5 heteroatoms. The van der Waals surface area contributed by atoms with Gasteiger partial charge in [0.1, 0.15) is 6.10 Å². The molecule has 1 amide bonds. The summed E-state index contributed by atoms with van der Waals surface area (Å²) in [5.74, 6) is 0.495. The molecule has 1 aromatic heterocycles. The van der Waals surface area contributed by atoms with Crippen molar-refractivity contribution in [3.63, 3.8) is 0 Å². The number of nitrogens with one attached hydrogen (secondary N) is 1. The topological polar surface area (TPSA) is 60.5 Å². The minimum Gasteiger partial charge on any atom is -0.472 e. The van der Waals surface area contributed by atoms with Crippen molar-refractivity contribution in [1.29, 1.82) is 0 Å². The summed E-state index contributed by atoms with van der Waals surface area (Å²) < 4.78 is 10.9. The van der Waals surface area contributed by atoms with Crippen LogP contribution in [0.4, 0.5) is 0 Å². The van der Waals surface area contributed by atoms with Crippen LogP contribution in [0.15, 0.2) is 18.3 Å². The maximum Gasteiger partial charge on any atom is 0.253 e. The Morgan fingerprint density at radius 1 is 1.39 bits per heavy atom. The highest BCUT2D eigenvalue weighted by Crippen LogP contribution is 2.20. The highest BCUT2D eigenvalue weighted by atomic mass is 16.5. The zero-order valence-corrected chi connectivity index (χ0v) is 10.1. The van der Waals surface area contributed by atoms with Gasteiger partial charge in [-0.1, -0.05) is 0 Å². The summed E-state index contributed by atoms with van der Waals surface area (Å²) in [6.07, 6.45) is 4.71. The van der Waals surface area contributed by atoms with Crippen LogP contribution >= 0.6 is 0 Å². The third-order valence-corrected chi connectivity index (χ3v) is 3.09. The smallest absolute Gasteiger partial charge is 0.253 e. The van der Waals surface area contributed by atoms with Crippen molar-refractivity contribution in [2.24, 2.45) is 0 Å². The van der Waals surface area contributed by atoms with Crippen LogP contribution in [0.25, 0.3) is 0 Å². The van der Waals surface area contributed by atoms with E-state index in [0.717, 1.165) is 25.9 Å². The Hall–Kier alpha value is -1.62. The first-order valence-electron chi connectivity index (χ1n) is 6.32. The van der Waals surface area contributed by atoms with Gasteiger partial charge in [-0.2, -0.15) is 0 Å². The zero-order valence-electron chi connectivity index (χ0n) is 10.1. The maximum absolute atomic E-state index is 11.7. The number of nitrogens with zero attached hydrogens (tertiary/aromatic N) is 1. The van der Waals surface area contributed by atoms with E-state index in [1.807, 2.05) is 0 Å². The van der Waals surface area contributed by atoms with Crippen molar-refractivity contribution < 1.29 is 14.3 Å². The number of ether oxygens (including phenoxy) is 2. The molecule has 5 nitrogen and oxygen atoms in total. The van der Waals surface area contributed by atoms with Gasteiger partial charge in [-0.25, -0.2) is 4.98 Å². The Bertz CT molecular complexity index is 422. The molecule has 2 heterocycles. The van der Waals surface area contributed by atoms with E-state index in [1.165, 1.54) is 0 Å². The molecule has 2 fully saturated rings. The van der Waals surface area contributed by atoms with Gasteiger partial charge in [0.05, 0.1) is 18.8 Å². The lowest BCUT2D eigenvalue weighted by Gasteiger charge is -2.10. The lowest BCUT2D eigenvalue weighted by Crippen LogP contribution is -2.25. The number of pyridine rings is 1. The Labute approximate surface area is 105 Å². The molecule has 1 saturated heterocycles. The van der Waals surface area contributed by atoms with E-state index in [9.17, 15) is 4.79 Å². The van der Waals surface area contributed by atoms with E-state index in [2.05, 4.69) is 10.3 Å². The van der Waals surface area contributed by atoms with Crippen molar-refractivity contribution >= 4 is 5.91 Å². The van der Waals surface area contributed by atoms with Crippen molar-refractivity contribution in [1.82, 2.24) is 10.3 Å². The van der Waals surface area contributed by atoms with Crippen LogP contribution in [0.3, 0.4) is 0 Å². The van der Waals surface area contributed by atoms with Gasteiger partial charge in [-0.15, -0.1) is 0 Å². The van der Waals surface area contributed by atoms with E-state index < -0.39 is 0 Å². The van der Waals surface area contributed by atoms with Gasteiger partial charge in [-0.05, 0) is 18.9 Å². The highest BCUT2D eigenvalue weighted by molar-refractivity contribution is 5.94. The summed E-state index contributed by atoms with van der Waals surface area (Å²) in [4.78, 5) is 15.9. The van der Waals surface area contributed by atoms with E-state index in [4.69, 9.17) is 9.47 Å². The first-order valence-corrected chi connectivity index (χ1v) is 6.32. The molecule has 96 valence electrons. The van der Waals surface area contributed by atoms with Crippen LogP contribution < -0.4 is 10.1 Å². The number of amides is 1. The fourth-order valence-corrected chi connectivity index (χ4v) is 1.86. The van der Waals surface area contributed by atoms with Crippen LogP contribution in [0, 0.1) is 0 Å². The second kappa shape index (κ2) is 4.94. The average molecular weight is 248 g/mol. The van der Waals surface area contributed by atoms with E-state index in [-0.39, 0.29) is 12.0 Å². The molecule has 0 radical (unpaired) electrons. The molecule has 18 heavy (non-hydrogen) atoms. The fraction of sp³-hybridized carbons (Fsp3) is 0.538. The fourth-order valence-electron chi connectivity index (χ4n) is 1.86. The highest BCUT2D eigenvalue weighted by Gasteiger charge is 2.24. The van der Waals surface area contributed by atoms with Crippen LogP contribution in [0.5, 0.6) is 5.88 Å². The largest absolute Gasteiger partial charge is 0.472 e. The van der Waals surface area contributed by atoms with Crippen molar-refractivity contribution in [2.75, 3.05) is 13.2 Å². The molecule has 0 unspecified atom stereocenters. The molecule has 1 aromatic rings. The third-order valence-electron chi connectivity index (χ3n) is 3.09. The maximum atomic E-state index is 11.7. The molecule has 0 bridgehead atoms. The third kappa shape index (κ3) is 2.79. The van der Waals surface area contributed by atoms with E-state index in [1.54, 1.807) is 18.3 Å². The quantitative estimate of drug-likeness (QED) is 0.868. The van der Waals surface area contributed by atoms with Gasteiger partial charge in [0.25, 0.3) is 5.91 Å². The summed E-state index contributed by atoms with van der Waals surface area (Å²) in [5, 5.41) is 2.92. The molecular formula is C13H16N2O3. The molecule has 0 spiro atoms. The Kier molecular flexibility index (Phi) is 3.15. The number of aromatic nitrogens is 1. The van der Waals surface area contributed by atoms with E-state index in [0.29, 0.717) is 24.1 Å². The Balaban J connectivity index is 1.58. The SMILES string of the molecule is O=C(NC1CC1)c1ccc(O[C@H]2CCOC2)nc1. The van der Waals surface area contributed by atoms with Crippen LogP contribution in [0.2, 0.25) is 0 Å². The lowest BCUT2D eigenvalue weighted by atomic mass is 10.2. The van der Waals surface area contributed by atoms with Crippen LogP contribution in [-0.2, 0) is 4.74 Å².